The lowest BCUT2D eigenvalue weighted by molar-refractivity contribution is 0.0748. The van der Waals surface area contributed by atoms with Crippen LogP contribution in [0, 0.1) is 11.6 Å². The molecule has 1 aliphatic heterocycles. The Morgan fingerprint density at radius 1 is 1.03 bits per heavy atom. The molecule has 0 spiro atoms. The monoisotopic (exact) mass is 428 g/mol. The third-order valence-corrected chi connectivity index (χ3v) is 8.93. The Balaban J connectivity index is 1.80. The molecule has 0 aliphatic carbocycles. The van der Waals surface area contributed by atoms with Crippen LogP contribution in [0.5, 0.6) is 5.75 Å². The minimum absolute atomic E-state index is 0.269. The van der Waals surface area contributed by atoms with E-state index in [1.54, 1.807) is 7.11 Å². The van der Waals surface area contributed by atoms with E-state index in [0.29, 0.717) is 11.5 Å². The third kappa shape index (κ3) is 3.45. The number of carbonyl (C=O) groups excluding carboxylic acids is 1. The normalized spacial score (nSPS) is 16.2. The lowest BCUT2D eigenvalue weighted by atomic mass is 10.1. The molecule has 0 radical (unpaired) electrons. The molecule has 1 aliphatic rings. The molecule has 0 atom stereocenters. The van der Waals surface area contributed by atoms with Crippen LogP contribution in [0.25, 0.3) is 16.8 Å². The van der Waals surface area contributed by atoms with E-state index in [1.165, 1.54) is 6.08 Å². The predicted octanol–water partition coefficient (Wildman–Crippen LogP) is 6.50. The Kier molecular flexibility index (Phi) is 5.52. The van der Waals surface area contributed by atoms with Crippen LogP contribution in [0.2, 0.25) is 0 Å². The minimum Gasteiger partial charge on any atom is -0.496 e. The van der Waals surface area contributed by atoms with Crippen LogP contribution in [0.3, 0.4) is 0 Å². The smallest absolute Gasteiger partial charge is 0.354 e. The lowest BCUT2D eigenvalue weighted by Crippen LogP contribution is -2.17. The molecule has 0 N–H and O–H groups in total. The van der Waals surface area contributed by atoms with Crippen molar-refractivity contribution in [2.75, 3.05) is 18.6 Å². The fraction of sp³-hybridized carbons (Fsp3) is 0.208. The van der Waals surface area contributed by atoms with E-state index in [0.717, 1.165) is 46.4 Å². The van der Waals surface area contributed by atoms with Gasteiger partial charge in [0.05, 0.1) is 7.11 Å². The number of hydrogen-bond acceptors (Lipinski definition) is 3. The second-order valence-corrected chi connectivity index (χ2v) is 10.2. The van der Waals surface area contributed by atoms with Gasteiger partial charge >= 0.3 is 5.97 Å². The number of rotatable bonds is 5. The largest absolute Gasteiger partial charge is 0.496 e. The Morgan fingerprint density at radius 2 is 1.67 bits per heavy atom. The summed E-state index contributed by atoms with van der Waals surface area (Å²) in [5, 5.41) is 1.85. The third-order valence-electron chi connectivity index (χ3n) is 5.40. The van der Waals surface area contributed by atoms with Crippen molar-refractivity contribution in [3.05, 3.63) is 77.9 Å². The Labute approximate surface area is 175 Å². The van der Waals surface area contributed by atoms with E-state index >= 15 is 0 Å². The second kappa shape index (κ2) is 8.11. The molecule has 1 saturated heterocycles. The van der Waals surface area contributed by atoms with Gasteiger partial charge in [-0.3, -0.25) is 0 Å². The van der Waals surface area contributed by atoms with Gasteiger partial charge in [-0.15, -0.1) is 0 Å². The molecule has 6 heteroatoms. The topological polar surface area (TPSA) is 35.5 Å². The second-order valence-electron chi connectivity index (χ2n) is 7.17. The number of carbonyl (C=O) groups is 1. The van der Waals surface area contributed by atoms with Gasteiger partial charge in [0, 0.05) is 27.2 Å². The summed E-state index contributed by atoms with van der Waals surface area (Å²) >= 11 is 0. The highest BCUT2D eigenvalue weighted by atomic mass is 32.3. The standard InChI is InChI=1S/C24H22F2O3S/c1-3-16-14-19(25)23(20(26)15-16)24(27)29-30(12-6-7-13-30)22-11-10-21(28-2)17-8-4-5-9-18(17)22/h3-5,8-11,14-15H,1,6-7,12-13H2,2H3. The zero-order valence-corrected chi connectivity index (χ0v) is 17.4. The van der Waals surface area contributed by atoms with Crippen LogP contribution in [-0.4, -0.2) is 24.6 Å². The van der Waals surface area contributed by atoms with Crippen LogP contribution >= 0.6 is 10.3 Å². The maximum absolute atomic E-state index is 14.5. The van der Waals surface area contributed by atoms with Gasteiger partial charge in [0.25, 0.3) is 0 Å². The Bertz CT molecular complexity index is 1110. The molecule has 0 aromatic heterocycles. The fourth-order valence-corrected chi connectivity index (χ4v) is 7.47. The van der Waals surface area contributed by atoms with E-state index in [9.17, 15) is 13.6 Å². The molecule has 3 aromatic rings. The molecule has 3 aromatic carbocycles. The molecule has 0 amide bonds. The first-order valence-electron chi connectivity index (χ1n) is 9.69. The van der Waals surface area contributed by atoms with Crippen LogP contribution in [0.1, 0.15) is 28.8 Å². The van der Waals surface area contributed by atoms with Gasteiger partial charge in [-0.1, -0.05) is 47.2 Å². The van der Waals surface area contributed by atoms with Gasteiger partial charge in [-0.05, 0) is 42.7 Å². The molecule has 0 saturated carbocycles. The number of ether oxygens (including phenoxy) is 1. The summed E-state index contributed by atoms with van der Waals surface area (Å²) in [5.74, 6) is -0.779. The Morgan fingerprint density at radius 3 is 2.27 bits per heavy atom. The van der Waals surface area contributed by atoms with Crippen LogP contribution in [0.4, 0.5) is 8.78 Å². The van der Waals surface area contributed by atoms with Crippen molar-refractivity contribution in [3.63, 3.8) is 0 Å². The van der Waals surface area contributed by atoms with Crippen molar-refractivity contribution in [3.8, 4) is 5.75 Å². The molecule has 4 rings (SSSR count). The average Bonchev–Trinajstić information content (AvgIpc) is 3.21. The van der Waals surface area contributed by atoms with Gasteiger partial charge in [0.2, 0.25) is 0 Å². The fourth-order valence-electron chi connectivity index (χ4n) is 3.96. The quantitative estimate of drug-likeness (QED) is 0.465. The van der Waals surface area contributed by atoms with E-state index < -0.39 is 33.5 Å². The maximum Gasteiger partial charge on any atom is 0.354 e. The highest BCUT2D eigenvalue weighted by molar-refractivity contribution is 8.30. The molecular formula is C24H22F2O3S. The SMILES string of the molecule is C=Cc1cc(F)c(C(=O)OS2(c3ccc(OC)c4ccccc34)CCCC2)c(F)c1. The van der Waals surface area contributed by atoms with E-state index in [2.05, 4.69) is 6.58 Å². The summed E-state index contributed by atoms with van der Waals surface area (Å²) in [6, 6.07) is 13.7. The van der Waals surface area contributed by atoms with Crippen molar-refractivity contribution in [2.45, 2.75) is 17.7 Å². The zero-order valence-electron chi connectivity index (χ0n) is 16.6. The predicted molar refractivity (Wildman–Crippen MR) is 117 cm³/mol. The zero-order chi connectivity index (χ0) is 21.3. The summed E-state index contributed by atoms with van der Waals surface area (Å²) in [6.07, 6.45) is 3.11. The molecule has 30 heavy (non-hydrogen) atoms. The van der Waals surface area contributed by atoms with Crippen molar-refractivity contribution >= 4 is 33.1 Å². The summed E-state index contributed by atoms with van der Waals surface area (Å²) in [5.41, 5.74) is -0.386. The first-order valence-corrected chi connectivity index (χ1v) is 11.6. The highest BCUT2D eigenvalue weighted by Gasteiger charge is 2.37. The average molecular weight is 429 g/mol. The van der Waals surface area contributed by atoms with Gasteiger partial charge < -0.3 is 8.92 Å². The van der Waals surface area contributed by atoms with E-state index in [-0.39, 0.29) is 5.56 Å². The molecule has 1 heterocycles. The summed E-state index contributed by atoms with van der Waals surface area (Å²) < 4.78 is 40.5. The molecular weight excluding hydrogens is 406 g/mol. The van der Waals surface area contributed by atoms with Crippen molar-refractivity contribution < 1.29 is 22.5 Å². The maximum atomic E-state index is 14.5. The number of methoxy groups -OCH3 is 1. The highest BCUT2D eigenvalue weighted by Crippen LogP contribution is 2.64. The number of benzene rings is 3. The molecule has 156 valence electrons. The molecule has 0 unspecified atom stereocenters. The van der Waals surface area contributed by atoms with Gasteiger partial charge in [-0.2, -0.15) is 0 Å². The van der Waals surface area contributed by atoms with Gasteiger partial charge in [-0.25, -0.2) is 13.6 Å². The van der Waals surface area contributed by atoms with E-state index in [4.69, 9.17) is 8.92 Å². The van der Waals surface area contributed by atoms with Crippen LogP contribution in [0.15, 0.2) is 60.0 Å². The molecule has 3 nitrogen and oxygen atoms in total. The first kappa shape index (κ1) is 20.4. The minimum atomic E-state index is -2.05. The Hall–Kier alpha value is -2.86. The van der Waals surface area contributed by atoms with Crippen molar-refractivity contribution in [2.24, 2.45) is 0 Å². The van der Waals surface area contributed by atoms with Crippen molar-refractivity contribution in [1.29, 1.82) is 0 Å². The first-order chi connectivity index (χ1) is 14.5. The van der Waals surface area contributed by atoms with Gasteiger partial charge in [0.1, 0.15) is 22.9 Å². The summed E-state index contributed by atoms with van der Waals surface area (Å²) in [6.45, 7) is 3.51. The lowest BCUT2D eigenvalue weighted by Gasteiger charge is -2.36. The molecule has 0 bridgehead atoms. The van der Waals surface area contributed by atoms with E-state index in [1.807, 2.05) is 36.4 Å². The van der Waals surface area contributed by atoms with Crippen LogP contribution < -0.4 is 4.74 Å². The number of fused-ring (bicyclic) bond motifs is 1. The molecule has 1 fully saturated rings. The summed E-state index contributed by atoms with van der Waals surface area (Å²) in [4.78, 5) is 13.9. The van der Waals surface area contributed by atoms with Crippen LogP contribution in [-0.2, 0) is 4.18 Å². The summed E-state index contributed by atoms with van der Waals surface area (Å²) in [7, 11) is -0.437. The number of hydrogen-bond donors (Lipinski definition) is 0. The van der Waals surface area contributed by atoms with Gasteiger partial charge in [0.15, 0.2) is 0 Å². The van der Waals surface area contributed by atoms with Crippen molar-refractivity contribution in [1.82, 2.24) is 0 Å². The number of halogens is 2.